The maximum Gasteiger partial charge on any atom is 0.336 e. The third-order valence-electron chi connectivity index (χ3n) is 3.49. The Balaban J connectivity index is 2.14. The number of anilines is 1. The molecule has 2 N–H and O–H groups in total. The average molecular weight is 315 g/mol. The maximum atomic E-state index is 13.1. The van der Waals surface area contributed by atoms with Crippen molar-refractivity contribution in [2.75, 3.05) is 5.32 Å². The van der Waals surface area contributed by atoms with Crippen molar-refractivity contribution < 1.29 is 19.1 Å². The highest BCUT2D eigenvalue weighted by atomic mass is 19.1. The van der Waals surface area contributed by atoms with E-state index in [1.165, 1.54) is 11.6 Å². The first-order valence-electron chi connectivity index (χ1n) is 7.44. The Kier molecular flexibility index (Phi) is 5.46. The lowest BCUT2D eigenvalue weighted by atomic mass is 10.1. The fourth-order valence-electron chi connectivity index (χ4n) is 2.23. The molecule has 0 radical (unpaired) electrons. The molecule has 2 rings (SSSR count). The zero-order chi connectivity index (χ0) is 16.8. The van der Waals surface area contributed by atoms with Crippen LogP contribution in [0.2, 0.25) is 0 Å². The van der Waals surface area contributed by atoms with E-state index in [4.69, 9.17) is 5.11 Å². The van der Waals surface area contributed by atoms with E-state index in [1.807, 2.05) is 12.1 Å². The second-order valence-electron chi connectivity index (χ2n) is 5.25. The van der Waals surface area contributed by atoms with E-state index in [1.54, 1.807) is 12.1 Å². The smallest absolute Gasteiger partial charge is 0.336 e. The van der Waals surface area contributed by atoms with Crippen LogP contribution in [0.4, 0.5) is 10.1 Å². The lowest BCUT2D eigenvalue weighted by Gasteiger charge is -2.09. The van der Waals surface area contributed by atoms with Crippen molar-refractivity contribution in [2.24, 2.45) is 0 Å². The van der Waals surface area contributed by atoms with Gasteiger partial charge in [-0.05, 0) is 48.7 Å². The lowest BCUT2D eigenvalue weighted by Crippen LogP contribution is -2.16. The van der Waals surface area contributed by atoms with Crippen molar-refractivity contribution in [2.45, 2.75) is 26.2 Å². The van der Waals surface area contributed by atoms with Crippen molar-refractivity contribution in [3.63, 3.8) is 0 Å². The Labute approximate surface area is 134 Å². The van der Waals surface area contributed by atoms with Gasteiger partial charge in [0.25, 0.3) is 5.91 Å². The second-order valence-corrected chi connectivity index (χ2v) is 5.25. The molecule has 0 aliphatic rings. The molecule has 2 aromatic rings. The first kappa shape index (κ1) is 16.7. The standard InChI is InChI=1S/C18H18FNO3/c1-2-3-4-12-5-8-14(9-6-12)20-17(21)15-10-7-13(19)11-16(15)18(22)23/h5-11H,2-4H2,1H3,(H,20,21)(H,22,23). The van der Waals surface area contributed by atoms with Crippen molar-refractivity contribution in [3.05, 3.63) is 65.0 Å². The predicted octanol–water partition coefficient (Wildman–Crippen LogP) is 4.12. The van der Waals surface area contributed by atoms with Crippen LogP contribution >= 0.6 is 0 Å². The van der Waals surface area contributed by atoms with Crippen molar-refractivity contribution in [1.29, 1.82) is 0 Å². The second kappa shape index (κ2) is 7.54. The zero-order valence-corrected chi connectivity index (χ0v) is 12.8. The van der Waals surface area contributed by atoms with E-state index in [0.717, 1.165) is 31.4 Å². The van der Waals surface area contributed by atoms with Crippen molar-refractivity contribution in [1.82, 2.24) is 0 Å². The number of rotatable bonds is 6. The predicted molar refractivity (Wildman–Crippen MR) is 86.4 cm³/mol. The number of benzene rings is 2. The van der Waals surface area contributed by atoms with Gasteiger partial charge < -0.3 is 10.4 Å². The van der Waals surface area contributed by atoms with Gasteiger partial charge in [0.15, 0.2) is 0 Å². The van der Waals surface area contributed by atoms with Crippen LogP contribution in [0.25, 0.3) is 0 Å². The maximum absolute atomic E-state index is 13.1. The quantitative estimate of drug-likeness (QED) is 0.842. The molecule has 0 fully saturated rings. The van der Waals surface area contributed by atoms with Crippen molar-refractivity contribution in [3.8, 4) is 0 Å². The minimum absolute atomic E-state index is 0.0750. The van der Waals surface area contributed by atoms with E-state index in [9.17, 15) is 14.0 Å². The molecular weight excluding hydrogens is 297 g/mol. The van der Waals surface area contributed by atoms with Gasteiger partial charge in [0.1, 0.15) is 5.82 Å². The average Bonchev–Trinajstić information content (AvgIpc) is 2.54. The number of carboxylic acid groups (broad SMARTS) is 1. The third-order valence-corrected chi connectivity index (χ3v) is 3.49. The van der Waals surface area contributed by atoms with Gasteiger partial charge in [-0.2, -0.15) is 0 Å². The molecule has 0 atom stereocenters. The van der Waals surface area contributed by atoms with Crippen LogP contribution in [0.5, 0.6) is 0 Å². The summed E-state index contributed by atoms with van der Waals surface area (Å²) in [6.07, 6.45) is 3.19. The van der Waals surface area contributed by atoms with Crippen LogP contribution in [0.3, 0.4) is 0 Å². The number of aromatic carboxylic acids is 1. The van der Waals surface area contributed by atoms with Gasteiger partial charge in [-0.1, -0.05) is 25.5 Å². The highest BCUT2D eigenvalue weighted by Crippen LogP contribution is 2.16. The molecule has 23 heavy (non-hydrogen) atoms. The topological polar surface area (TPSA) is 66.4 Å². The SMILES string of the molecule is CCCCc1ccc(NC(=O)c2ccc(F)cc2C(=O)O)cc1. The van der Waals surface area contributed by atoms with E-state index < -0.39 is 17.7 Å². The van der Waals surface area contributed by atoms with E-state index in [0.29, 0.717) is 5.69 Å². The van der Waals surface area contributed by atoms with Gasteiger partial charge >= 0.3 is 5.97 Å². The normalized spacial score (nSPS) is 10.3. The van der Waals surface area contributed by atoms with Gasteiger partial charge in [0.2, 0.25) is 0 Å². The monoisotopic (exact) mass is 315 g/mol. The number of hydrogen-bond acceptors (Lipinski definition) is 2. The Morgan fingerprint density at radius 3 is 2.39 bits per heavy atom. The number of amides is 1. The van der Waals surface area contributed by atoms with Gasteiger partial charge in [-0.25, -0.2) is 9.18 Å². The summed E-state index contributed by atoms with van der Waals surface area (Å²) in [6, 6.07) is 10.5. The molecule has 0 bridgehead atoms. The molecule has 1 amide bonds. The molecule has 4 nitrogen and oxygen atoms in total. The summed E-state index contributed by atoms with van der Waals surface area (Å²) >= 11 is 0. The summed E-state index contributed by atoms with van der Waals surface area (Å²) in [5, 5.41) is 11.7. The molecule has 0 aliphatic carbocycles. The van der Waals surface area contributed by atoms with E-state index in [-0.39, 0.29) is 11.1 Å². The summed E-state index contributed by atoms with van der Waals surface area (Å²) in [5.74, 6) is -2.62. The number of hydrogen-bond donors (Lipinski definition) is 2. The Hall–Kier alpha value is -2.69. The number of halogens is 1. The molecule has 0 unspecified atom stereocenters. The van der Waals surface area contributed by atoms with E-state index in [2.05, 4.69) is 12.2 Å². The minimum Gasteiger partial charge on any atom is -0.478 e. The number of carboxylic acids is 1. The zero-order valence-electron chi connectivity index (χ0n) is 12.8. The van der Waals surface area contributed by atoms with Crippen LogP contribution in [-0.2, 0) is 6.42 Å². The van der Waals surface area contributed by atoms with E-state index >= 15 is 0 Å². The highest BCUT2D eigenvalue weighted by Gasteiger charge is 2.17. The molecule has 0 saturated carbocycles. The molecule has 5 heteroatoms. The van der Waals surface area contributed by atoms with Crippen LogP contribution in [0, 0.1) is 5.82 Å². The molecule has 0 heterocycles. The summed E-state index contributed by atoms with van der Waals surface area (Å²) in [7, 11) is 0. The number of nitrogens with one attached hydrogen (secondary N) is 1. The third kappa shape index (κ3) is 4.39. The number of carbonyl (C=O) groups is 2. The van der Waals surface area contributed by atoms with Crippen LogP contribution < -0.4 is 5.32 Å². The van der Waals surface area contributed by atoms with Crippen LogP contribution in [-0.4, -0.2) is 17.0 Å². The number of aryl methyl sites for hydroxylation is 1. The fraction of sp³-hybridized carbons (Fsp3) is 0.222. The van der Waals surface area contributed by atoms with Crippen LogP contribution in [0.1, 0.15) is 46.0 Å². The molecule has 0 aromatic heterocycles. The Morgan fingerprint density at radius 1 is 1.09 bits per heavy atom. The van der Waals surface area contributed by atoms with Gasteiger partial charge in [-0.3, -0.25) is 4.79 Å². The largest absolute Gasteiger partial charge is 0.478 e. The lowest BCUT2D eigenvalue weighted by molar-refractivity contribution is 0.0692. The summed E-state index contributed by atoms with van der Waals surface area (Å²) < 4.78 is 13.1. The van der Waals surface area contributed by atoms with Gasteiger partial charge in [-0.15, -0.1) is 0 Å². The van der Waals surface area contributed by atoms with Crippen molar-refractivity contribution >= 4 is 17.6 Å². The molecule has 120 valence electrons. The Morgan fingerprint density at radius 2 is 1.78 bits per heavy atom. The Bertz CT molecular complexity index is 711. The van der Waals surface area contributed by atoms with Gasteiger partial charge in [0, 0.05) is 5.69 Å². The molecular formula is C18H18FNO3. The number of unbranched alkanes of at least 4 members (excludes halogenated alkanes) is 1. The molecule has 2 aromatic carbocycles. The summed E-state index contributed by atoms with van der Waals surface area (Å²) in [6.45, 7) is 2.12. The summed E-state index contributed by atoms with van der Waals surface area (Å²) in [4.78, 5) is 23.3. The van der Waals surface area contributed by atoms with Gasteiger partial charge in [0.05, 0.1) is 11.1 Å². The molecule has 0 spiro atoms. The molecule has 0 aliphatic heterocycles. The summed E-state index contributed by atoms with van der Waals surface area (Å²) in [5.41, 5.74) is 1.31. The van der Waals surface area contributed by atoms with Crippen LogP contribution in [0.15, 0.2) is 42.5 Å². The first-order valence-corrected chi connectivity index (χ1v) is 7.44. The fourth-order valence-corrected chi connectivity index (χ4v) is 2.23. The minimum atomic E-state index is -1.34. The number of carbonyl (C=O) groups excluding carboxylic acids is 1. The first-order chi connectivity index (χ1) is 11.0. The highest BCUT2D eigenvalue weighted by molar-refractivity contribution is 6.10. The molecule has 0 saturated heterocycles.